The van der Waals surface area contributed by atoms with E-state index in [4.69, 9.17) is 0 Å². The van der Waals surface area contributed by atoms with Crippen molar-refractivity contribution in [2.75, 3.05) is 54.1 Å². The second kappa shape index (κ2) is 11.6. The zero-order chi connectivity index (χ0) is 31.0. The third kappa shape index (κ3) is 6.18. The Kier molecular flexibility index (Phi) is 7.64. The van der Waals surface area contributed by atoms with Gasteiger partial charge in [0.15, 0.2) is 0 Å². The summed E-state index contributed by atoms with van der Waals surface area (Å²) in [5, 5.41) is 8.87. The molecule has 0 bridgehead atoms. The van der Waals surface area contributed by atoms with E-state index in [2.05, 4.69) is 25.8 Å². The third-order valence-corrected chi connectivity index (χ3v) is 7.77. The van der Waals surface area contributed by atoms with Gasteiger partial charge < -0.3 is 30.7 Å². The lowest BCUT2D eigenvalue weighted by Crippen LogP contribution is -2.45. The predicted molar refractivity (Wildman–Crippen MR) is 167 cm³/mol. The lowest BCUT2D eigenvalue weighted by molar-refractivity contribution is -0.137. The Morgan fingerprint density at radius 1 is 0.932 bits per heavy atom. The molecule has 0 saturated carbocycles. The summed E-state index contributed by atoms with van der Waals surface area (Å²) in [6, 6.07) is 18.1. The number of hydrogen-bond acceptors (Lipinski definition) is 5. The number of fused-ring (bicyclic) bond motifs is 1. The van der Waals surface area contributed by atoms with Gasteiger partial charge in [0, 0.05) is 71.9 Å². The van der Waals surface area contributed by atoms with Crippen LogP contribution < -0.4 is 20.9 Å². The number of carbonyl (C=O) groups excluding carboxylic acids is 2. The molecule has 3 heterocycles. The molecular weight excluding hydrogens is 569 g/mol. The highest BCUT2D eigenvalue weighted by Crippen LogP contribution is 2.38. The van der Waals surface area contributed by atoms with E-state index in [0.29, 0.717) is 54.5 Å². The fraction of sp³-hybridized carbons (Fsp3) is 0.212. The number of benzene rings is 3. The fourth-order valence-corrected chi connectivity index (χ4v) is 5.45. The minimum atomic E-state index is -4.61. The van der Waals surface area contributed by atoms with Crippen molar-refractivity contribution in [1.82, 2.24) is 9.88 Å². The number of amides is 2. The lowest BCUT2D eigenvalue weighted by atomic mass is 10.1. The number of H-pyrrole nitrogens is 1. The van der Waals surface area contributed by atoms with E-state index in [-0.39, 0.29) is 17.2 Å². The second-order valence-corrected chi connectivity index (χ2v) is 11.1. The molecule has 2 aliphatic rings. The fourth-order valence-electron chi connectivity index (χ4n) is 5.45. The number of alkyl halides is 3. The van der Waals surface area contributed by atoms with Gasteiger partial charge in [-0.25, -0.2) is 0 Å². The number of aromatic amines is 1. The molecule has 226 valence electrons. The Hall–Kier alpha value is -5.03. The lowest BCUT2D eigenvalue weighted by Gasteiger charge is -2.35. The van der Waals surface area contributed by atoms with Crippen LogP contribution in [0.2, 0.25) is 0 Å². The van der Waals surface area contributed by atoms with Crippen LogP contribution in [0.15, 0.2) is 72.9 Å². The van der Waals surface area contributed by atoms with E-state index < -0.39 is 17.6 Å². The summed E-state index contributed by atoms with van der Waals surface area (Å²) in [6.45, 7) is 4.25. The van der Waals surface area contributed by atoms with Gasteiger partial charge >= 0.3 is 6.18 Å². The van der Waals surface area contributed by atoms with Crippen LogP contribution in [-0.2, 0) is 11.0 Å². The summed E-state index contributed by atoms with van der Waals surface area (Å²) in [4.78, 5) is 32.6. The molecule has 6 rings (SSSR count). The molecule has 0 spiro atoms. The largest absolute Gasteiger partial charge is 0.418 e. The number of aryl methyl sites for hydroxylation is 1. The molecular formula is C33H31F3N6O2. The molecule has 11 heteroatoms. The van der Waals surface area contributed by atoms with Gasteiger partial charge in [-0.1, -0.05) is 12.1 Å². The third-order valence-electron chi connectivity index (χ3n) is 7.77. The first-order valence-electron chi connectivity index (χ1n) is 14.2. The molecule has 8 nitrogen and oxygen atoms in total. The van der Waals surface area contributed by atoms with Crippen LogP contribution in [-0.4, -0.2) is 54.9 Å². The molecule has 0 radical (unpaired) electrons. The average Bonchev–Trinajstić information content (AvgIpc) is 3.54. The number of piperazine rings is 1. The molecule has 44 heavy (non-hydrogen) atoms. The number of nitrogens with one attached hydrogen (secondary N) is 4. The molecule has 3 aromatic carbocycles. The Morgan fingerprint density at radius 2 is 1.68 bits per heavy atom. The number of halogens is 3. The zero-order valence-electron chi connectivity index (χ0n) is 24.2. The molecule has 1 saturated heterocycles. The monoisotopic (exact) mass is 600 g/mol. The number of carbonyl (C=O) groups is 2. The SMILES string of the molecule is Cc1c[nH]c(C=C2C(=O)Nc3cc(Nc4cccc(NC(=O)c5ccc(N6CCN(C)CC6)c(C(F)(F)F)c5)c4)ccc32)c1. The van der Waals surface area contributed by atoms with Gasteiger partial charge in [-0.15, -0.1) is 0 Å². The maximum Gasteiger partial charge on any atom is 0.418 e. The minimum Gasteiger partial charge on any atom is -0.368 e. The van der Waals surface area contributed by atoms with Crippen molar-refractivity contribution in [3.63, 3.8) is 0 Å². The van der Waals surface area contributed by atoms with Crippen LogP contribution >= 0.6 is 0 Å². The number of rotatable bonds is 6. The van der Waals surface area contributed by atoms with Crippen molar-refractivity contribution in [3.05, 3.63) is 101 Å². The van der Waals surface area contributed by atoms with Crippen LogP contribution in [0.25, 0.3) is 11.6 Å². The number of nitrogens with zero attached hydrogens (tertiary/aromatic N) is 2. The van der Waals surface area contributed by atoms with Gasteiger partial charge in [-0.05, 0) is 80.2 Å². The standard InChI is InChI=1S/C33H31F3N6O2/c1-20-14-25(37-19-20)17-27-26-8-7-24(18-29(26)40-32(27)44)38-22-4-3-5-23(16-22)39-31(43)21-6-9-30(28(15-21)33(34,35)36)42-12-10-41(2)11-13-42/h3-9,14-19,37-38H,10-13H2,1-2H3,(H,39,43)(H,40,44). The van der Waals surface area contributed by atoms with E-state index >= 15 is 0 Å². The van der Waals surface area contributed by atoms with Crippen LogP contribution in [0.1, 0.15) is 32.7 Å². The van der Waals surface area contributed by atoms with Crippen LogP contribution in [0.5, 0.6) is 0 Å². The Balaban J connectivity index is 1.17. The molecule has 4 N–H and O–H groups in total. The van der Waals surface area contributed by atoms with Gasteiger partial charge in [0.1, 0.15) is 0 Å². The topological polar surface area (TPSA) is 92.5 Å². The van der Waals surface area contributed by atoms with Crippen molar-refractivity contribution in [1.29, 1.82) is 0 Å². The van der Waals surface area contributed by atoms with Crippen molar-refractivity contribution < 1.29 is 22.8 Å². The van der Waals surface area contributed by atoms with E-state index in [1.54, 1.807) is 29.2 Å². The Morgan fingerprint density at radius 3 is 2.41 bits per heavy atom. The summed E-state index contributed by atoms with van der Waals surface area (Å²) in [5.74, 6) is -0.839. The summed E-state index contributed by atoms with van der Waals surface area (Å²) >= 11 is 0. The molecule has 2 amide bonds. The number of anilines is 5. The highest BCUT2D eigenvalue weighted by atomic mass is 19.4. The van der Waals surface area contributed by atoms with Gasteiger partial charge in [0.2, 0.25) is 0 Å². The number of likely N-dealkylation sites (N-methyl/N-ethyl adjacent to an activating group) is 1. The molecule has 0 unspecified atom stereocenters. The van der Waals surface area contributed by atoms with Crippen molar-refractivity contribution in [3.8, 4) is 0 Å². The normalized spacial score (nSPS) is 16.2. The summed E-state index contributed by atoms with van der Waals surface area (Å²) in [5.41, 5.74) is 4.86. The van der Waals surface area contributed by atoms with E-state index in [1.165, 1.54) is 12.1 Å². The van der Waals surface area contributed by atoms with Crippen LogP contribution in [0, 0.1) is 6.92 Å². The van der Waals surface area contributed by atoms with Gasteiger partial charge in [-0.2, -0.15) is 13.2 Å². The number of hydrogen-bond donors (Lipinski definition) is 4. The summed E-state index contributed by atoms with van der Waals surface area (Å²) < 4.78 is 42.1. The Bertz CT molecular complexity index is 1770. The summed E-state index contributed by atoms with van der Waals surface area (Å²) in [6.07, 6.45) is -0.925. The highest BCUT2D eigenvalue weighted by molar-refractivity contribution is 6.35. The Labute approximate surface area is 252 Å². The minimum absolute atomic E-state index is 0.0821. The van der Waals surface area contributed by atoms with Crippen LogP contribution in [0.4, 0.5) is 41.6 Å². The average molecular weight is 601 g/mol. The highest BCUT2D eigenvalue weighted by Gasteiger charge is 2.36. The smallest absolute Gasteiger partial charge is 0.368 e. The van der Waals surface area contributed by atoms with Gasteiger partial charge in [0.05, 0.1) is 16.8 Å². The first kappa shape index (κ1) is 29.1. The second-order valence-electron chi connectivity index (χ2n) is 11.1. The van der Waals surface area contributed by atoms with Crippen molar-refractivity contribution in [2.24, 2.45) is 0 Å². The molecule has 1 fully saturated rings. The van der Waals surface area contributed by atoms with E-state index in [0.717, 1.165) is 22.9 Å². The maximum absolute atomic E-state index is 14.0. The molecule has 0 aliphatic carbocycles. The first-order valence-corrected chi connectivity index (χ1v) is 14.2. The predicted octanol–water partition coefficient (Wildman–Crippen LogP) is 6.58. The van der Waals surface area contributed by atoms with Crippen LogP contribution in [0.3, 0.4) is 0 Å². The summed E-state index contributed by atoms with van der Waals surface area (Å²) in [7, 11) is 1.94. The van der Waals surface area contributed by atoms with Crippen molar-refractivity contribution in [2.45, 2.75) is 13.1 Å². The van der Waals surface area contributed by atoms with Gasteiger partial charge in [-0.3, -0.25) is 9.59 Å². The number of aromatic nitrogens is 1. The van der Waals surface area contributed by atoms with E-state index in [9.17, 15) is 22.8 Å². The van der Waals surface area contributed by atoms with E-state index in [1.807, 2.05) is 50.5 Å². The molecule has 2 aliphatic heterocycles. The zero-order valence-corrected chi connectivity index (χ0v) is 24.2. The van der Waals surface area contributed by atoms with Gasteiger partial charge in [0.25, 0.3) is 11.8 Å². The molecule has 4 aromatic rings. The molecule has 0 atom stereocenters. The maximum atomic E-state index is 14.0. The first-order chi connectivity index (χ1) is 21.0. The van der Waals surface area contributed by atoms with Crippen molar-refractivity contribution >= 4 is 51.9 Å². The molecule has 1 aromatic heterocycles. The quantitative estimate of drug-likeness (QED) is 0.188.